The van der Waals surface area contributed by atoms with Crippen LogP contribution in [0.1, 0.15) is 4.88 Å². The van der Waals surface area contributed by atoms with Crippen molar-refractivity contribution < 1.29 is 0 Å². The van der Waals surface area contributed by atoms with Gasteiger partial charge in [0.2, 0.25) is 5.95 Å². The van der Waals surface area contributed by atoms with Crippen LogP contribution in [0.25, 0.3) is 16.0 Å². The van der Waals surface area contributed by atoms with Crippen molar-refractivity contribution in [2.75, 3.05) is 5.43 Å². The van der Waals surface area contributed by atoms with Crippen molar-refractivity contribution in [2.45, 2.75) is 6.92 Å². The van der Waals surface area contributed by atoms with Gasteiger partial charge in [0.1, 0.15) is 4.83 Å². The van der Waals surface area contributed by atoms with Gasteiger partial charge >= 0.3 is 0 Å². The summed E-state index contributed by atoms with van der Waals surface area (Å²) in [6.07, 6.45) is 3.69. The molecule has 0 saturated carbocycles. The fraction of sp³-hybridized carbons (Fsp3) is 0.100. The first-order valence-electron chi connectivity index (χ1n) is 5.13. The Hall–Kier alpha value is -1.26. The summed E-state index contributed by atoms with van der Waals surface area (Å²) in [5.74, 6) is 6.53. The number of halogens is 1. The fourth-order valence-corrected chi connectivity index (χ4v) is 2.95. The molecule has 0 fully saturated rings. The average Bonchev–Trinajstić information content (AvgIpc) is 2.92. The highest BCUT2D eigenvalue weighted by molar-refractivity contribution is 14.1. The van der Waals surface area contributed by atoms with E-state index < -0.39 is 0 Å². The van der Waals surface area contributed by atoms with Gasteiger partial charge < -0.3 is 0 Å². The molecular weight excluding hydrogens is 363 g/mol. The molecule has 6 nitrogen and oxygen atoms in total. The van der Waals surface area contributed by atoms with Crippen LogP contribution in [0.15, 0.2) is 18.5 Å². The highest BCUT2D eigenvalue weighted by atomic mass is 127. The van der Waals surface area contributed by atoms with Crippen LogP contribution in [0, 0.1) is 10.5 Å². The number of aryl methyl sites for hydroxylation is 1. The van der Waals surface area contributed by atoms with Gasteiger partial charge in [-0.2, -0.15) is 10.1 Å². The third-order valence-corrected chi connectivity index (χ3v) is 3.89. The standard InChI is InChI=1S/C10H9IN6S/c1-5-2-7-8(17-4-6(11)3-13-17)14-10(16-12)15-9(7)18-5/h2-4H,12H2,1H3,(H,14,15,16). The molecule has 18 heavy (non-hydrogen) atoms. The summed E-state index contributed by atoms with van der Waals surface area (Å²) in [5, 5.41) is 5.26. The number of hydrogen-bond acceptors (Lipinski definition) is 6. The van der Waals surface area contributed by atoms with E-state index in [1.54, 1.807) is 22.2 Å². The second-order valence-electron chi connectivity index (χ2n) is 3.69. The Morgan fingerprint density at radius 3 is 2.94 bits per heavy atom. The quantitative estimate of drug-likeness (QED) is 0.409. The highest BCUT2D eigenvalue weighted by Gasteiger charge is 2.12. The number of nitrogens with zero attached hydrogens (tertiary/aromatic N) is 4. The van der Waals surface area contributed by atoms with Crippen molar-refractivity contribution in [3.05, 3.63) is 26.9 Å². The second kappa shape index (κ2) is 4.44. The first-order valence-corrected chi connectivity index (χ1v) is 7.02. The molecule has 0 aliphatic heterocycles. The lowest BCUT2D eigenvalue weighted by atomic mass is 10.3. The highest BCUT2D eigenvalue weighted by Crippen LogP contribution is 2.28. The zero-order chi connectivity index (χ0) is 12.7. The van der Waals surface area contributed by atoms with Crippen molar-refractivity contribution in [3.8, 4) is 5.82 Å². The minimum absolute atomic E-state index is 0.393. The largest absolute Gasteiger partial charge is 0.292 e. The van der Waals surface area contributed by atoms with Gasteiger partial charge in [0, 0.05) is 11.1 Å². The van der Waals surface area contributed by atoms with Crippen LogP contribution in [0.2, 0.25) is 0 Å². The minimum atomic E-state index is 0.393. The predicted octanol–water partition coefficient (Wildman–Crippen LogP) is 2.08. The van der Waals surface area contributed by atoms with E-state index in [-0.39, 0.29) is 0 Å². The Labute approximate surface area is 120 Å². The monoisotopic (exact) mass is 372 g/mol. The lowest BCUT2D eigenvalue weighted by Gasteiger charge is -2.04. The van der Waals surface area contributed by atoms with E-state index in [0.29, 0.717) is 5.95 Å². The van der Waals surface area contributed by atoms with Crippen LogP contribution in [0.5, 0.6) is 0 Å². The number of hydrogen-bond donors (Lipinski definition) is 2. The van der Waals surface area contributed by atoms with Gasteiger partial charge in [-0.15, -0.1) is 11.3 Å². The molecule has 8 heteroatoms. The van der Waals surface area contributed by atoms with Gasteiger partial charge in [-0.1, -0.05) is 0 Å². The van der Waals surface area contributed by atoms with Gasteiger partial charge in [-0.25, -0.2) is 15.5 Å². The molecule has 0 bridgehead atoms. The van der Waals surface area contributed by atoms with Crippen molar-refractivity contribution >= 4 is 50.1 Å². The van der Waals surface area contributed by atoms with Gasteiger partial charge in [-0.3, -0.25) is 5.43 Å². The third-order valence-electron chi connectivity index (χ3n) is 2.39. The molecule has 3 N–H and O–H groups in total. The Morgan fingerprint density at radius 2 is 2.28 bits per heavy atom. The summed E-state index contributed by atoms with van der Waals surface area (Å²) < 4.78 is 2.78. The maximum Gasteiger partial charge on any atom is 0.240 e. The minimum Gasteiger partial charge on any atom is -0.292 e. The molecule has 92 valence electrons. The number of thiophene rings is 1. The van der Waals surface area contributed by atoms with Crippen molar-refractivity contribution in [3.63, 3.8) is 0 Å². The third kappa shape index (κ3) is 1.95. The molecule has 3 aromatic heterocycles. The number of aromatic nitrogens is 4. The normalized spacial score (nSPS) is 11.1. The van der Waals surface area contributed by atoms with Crippen LogP contribution in [-0.2, 0) is 0 Å². The summed E-state index contributed by atoms with van der Waals surface area (Å²) in [4.78, 5) is 10.8. The van der Waals surface area contributed by atoms with Gasteiger partial charge in [0.15, 0.2) is 5.82 Å². The average molecular weight is 372 g/mol. The van der Waals surface area contributed by atoms with Gasteiger partial charge in [0.05, 0.1) is 15.2 Å². The Kier molecular flexibility index (Phi) is 2.92. The van der Waals surface area contributed by atoms with Crippen molar-refractivity contribution in [2.24, 2.45) is 5.84 Å². The summed E-state index contributed by atoms with van der Waals surface area (Å²) in [6.45, 7) is 2.04. The zero-order valence-corrected chi connectivity index (χ0v) is 12.4. The van der Waals surface area contributed by atoms with Gasteiger partial charge in [0.25, 0.3) is 0 Å². The van der Waals surface area contributed by atoms with Crippen LogP contribution in [-0.4, -0.2) is 19.7 Å². The summed E-state index contributed by atoms with van der Waals surface area (Å²) in [5.41, 5.74) is 2.49. The smallest absolute Gasteiger partial charge is 0.240 e. The number of rotatable bonds is 2. The number of nitrogen functional groups attached to an aromatic ring is 1. The summed E-state index contributed by atoms with van der Waals surface area (Å²) in [7, 11) is 0. The Morgan fingerprint density at radius 1 is 1.44 bits per heavy atom. The fourth-order valence-electron chi connectivity index (χ4n) is 1.68. The topological polar surface area (TPSA) is 81.7 Å². The molecule has 0 saturated heterocycles. The van der Waals surface area contributed by atoms with Crippen LogP contribution >= 0.6 is 33.9 Å². The van der Waals surface area contributed by atoms with E-state index in [0.717, 1.165) is 19.6 Å². The molecule has 0 aliphatic rings. The lowest BCUT2D eigenvalue weighted by Crippen LogP contribution is -2.12. The second-order valence-corrected chi connectivity index (χ2v) is 6.17. The molecule has 3 rings (SSSR count). The number of fused-ring (bicyclic) bond motifs is 1. The number of hydrazine groups is 1. The van der Waals surface area contributed by atoms with Crippen LogP contribution in [0.3, 0.4) is 0 Å². The molecule has 3 heterocycles. The number of nitrogens with one attached hydrogen (secondary N) is 1. The molecule has 0 aromatic carbocycles. The van der Waals surface area contributed by atoms with Crippen molar-refractivity contribution in [1.82, 2.24) is 19.7 Å². The van der Waals surface area contributed by atoms with Crippen LogP contribution in [0.4, 0.5) is 5.95 Å². The molecule has 3 aromatic rings. The maximum atomic E-state index is 5.40. The SMILES string of the molecule is Cc1cc2c(-n3cc(I)cn3)nc(NN)nc2s1. The number of nitrogens with two attached hydrogens (primary N) is 1. The molecule has 0 radical (unpaired) electrons. The first-order chi connectivity index (χ1) is 8.67. The zero-order valence-electron chi connectivity index (χ0n) is 9.38. The van der Waals surface area contributed by atoms with Crippen molar-refractivity contribution in [1.29, 1.82) is 0 Å². The molecule has 0 aliphatic carbocycles. The Bertz CT molecular complexity index is 718. The summed E-state index contributed by atoms with van der Waals surface area (Å²) in [6, 6.07) is 2.06. The molecular formula is C10H9IN6S. The Balaban J connectivity index is 2.31. The van der Waals surface area contributed by atoms with E-state index in [4.69, 9.17) is 5.84 Å². The van der Waals surface area contributed by atoms with Gasteiger partial charge in [-0.05, 0) is 35.6 Å². The molecule has 0 amide bonds. The van der Waals surface area contributed by atoms with E-state index in [9.17, 15) is 0 Å². The van der Waals surface area contributed by atoms with E-state index in [1.165, 1.54) is 4.88 Å². The van der Waals surface area contributed by atoms with Crippen LogP contribution < -0.4 is 11.3 Å². The number of anilines is 1. The molecule has 0 unspecified atom stereocenters. The lowest BCUT2D eigenvalue weighted by molar-refractivity contribution is 0.852. The maximum absolute atomic E-state index is 5.40. The molecule has 0 spiro atoms. The first kappa shape index (κ1) is 11.8. The van der Waals surface area contributed by atoms with E-state index >= 15 is 0 Å². The van der Waals surface area contributed by atoms with E-state index in [1.807, 2.05) is 13.1 Å². The molecule has 0 atom stereocenters. The summed E-state index contributed by atoms with van der Waals surface area (Å²) >= 11 is 3.82. The van der Waals surface area contributed by atoms with E-state index in [2.05, 4.69) is 49.1 Å². The predicted molar refractivity (Wildman–Crippen MR) is 79.8 cm³/mol.